The van der Waals surface area contributed by atoms with Gasteiger partial charge < -0.3 is 20.9 Å². The van der Waals surface area contributed by atoms with Gasteiger partial charge in [-0.15, -0.1) is 0 Å². The van der Waals surface area contributed by atoms with Crippen molar-refractivity contribution in [2.24, 2.45) is 0 Å². The van der Waals surface area contributed by atoms with Crippen molar-refractivity contribution in [3.05, 3.63) is 30.0 Å². The van der Waals surface area contributed by atoms with Crippen LogP contribution in [0.25, 0.3) is 10.9 Å². The van der Waals surface area contributed by atoms with Crippen molar-refractivity contribution in [2.45, 2.75) is 25.8 Å². The molecule has 1 amide bonds. The summed E-state index contributed by atoms with van der Waals surface area (Å²) in [5.74, 6) is -0.0187. The minimum atomic E-state index is -0.0187. The van der Waals surface area contributed by atoms with E-state index >= 15 is 0 Å². The Balaban J connectivity index is 1.76. The molecule has 0 aliphatic carbocycles. The molecule has 3 rings (SSSR count). The van der Waals surface area contributed by atoms with Gasteiger partial charge in [0.2, 0.25) is 0 Å². The maximum atomic E-state index is 12.5. The van der Waals surface area contributed by atoms with Crippen LogP contribution in [0, 0.1) is 0 Å². The average Bonchev–Trinajstić information content (AvgIpc) is 2.90. The summed E-state index contributed by atoms with van der Waals surface area (Å²) in [4.78, 5) is 18.0. The highest BCUT2D eigenvalue weighted by atomic mass is 16.1. The highest BCUT2D eigenvalue weighted by Crippen LogP contribution is 2.21. The van der Waals surface area contributed by atoms with Gasteiger partial charge in [0, 0.05) is 35.4 Å². The van der Waals surface area contributed by atoms with Crippen molar-refractivity contribution in [2.75, 3.05) is 25.4 Å². The Morgan fingerprint density at radius 1 is 1.52 bits per heavy atom. The van der Waals surface area contributed by atoms with Gasteiger partial charge in [-0.05, 0) is 44.1 Å². The number of hydrogen-bond donors (Lipinski definition) is 3. The van der Waals surface area contributed by atoms with Crippen LogP contribution in [0.4, 0.5) is 5.69 Å². The second-order valence-electron chi connectivity index (χ2n) is 5.71. The molecule has 1 fully saturated rings. The highest BCUT2D eigenvalue weighted by Gasteiger charge is 2.22. The number of hydrogen-bond acceptors (Lipinski definition) is 3. The number of aromatic amines is 1. The number of carbonyl (C=O) groups excluding carboxylic acids is 1. The molecular weight excluding hydrogens is 264 g/mol. The number of likely N-dealkylation sites (N-methyl/N-ethyl adjacent to an activating group) is 1. The second kappa shape index (κ2) is 5.77. The average molecular weight is 286 g/mol. The second-order valence-corrected chi connectivity index (χ2v) is 5.71. The number of carbonyl (C=O) groups is 1. The van der Waals surface area contributed by atoms with E-state index in [2.05, 4.69) is 22.1 Å². The molecule has 1 saturated heterocycles. The Morgan fingerprint density at radius 3 is 3.19 bits per heavy atom. The minimum Gasteiger partial charge on any atom is -0.399 e. The van der Waals surface area contributed by atoms with Crippen LogP contribution in [0.3, 0.4) is 0 Å². The van der Waals surface area contributed by atoms with E-state index in [9.17, 15) is 4.79 Å². The fourth-order valence-corrected chi connectivity index (χ4v) is 3.05. The van der Waals surface area contributed by atoms with Gasteiger partial charge in [-0.25, -0.2) is 0 Å². The number of nitrogens with zero attached hydrogens (tertiary/aromatic N) is 1. The standard InChI is InChI=1S/C16H22N4O/c1-2-20-7-3-4-12(10-20)19-16(21)14-9-18-15-6-5-11(17)8-13(14)15/h5-6,8-9,12,18H,2-4,7,10,17H2,1H3,(H,19,21). The first-order valence-corrected chi connectivity index (χ1v) is 7.57. The van der Waals surface area contributed by atoms with Crippen LogP contribution in [0.2, 0.25) is 0 Å². The predicted octanol–water partition coefficient (Wildman–Crippen LogP) is 1.96. The number of rotatable bonds is 3. The molecule has 0 spiro atoms. The number of amides is 1. The van der Waals surface area contributed by atoms with E-state index in [4.69, 9.17) is 5.73 Å². The molecule has 112 valence electrons. The highest BCUT2D eigenvalue weighted by molar-refractivity contribution is 6.07. The van der Waals surface area contributed by atoms with Gasteiger partial charge in [0.25, 0.3) is 5.91 Å². The molecular formula is C16H22N4O. The number of fused-ring (bicyclic) bond motifs is 1. The Kier molecular flexibility index (Phi) is 3.84. The molecule has 21 heavy (non-hydrogen) atoms. The summed E-state index contributed by atoms with van der Waals surface area (Å²) >= 11 is 0. The molecule has 1 aliphatic rings. The summed E-state index contributed by atoms with van der Waals surface area (Å²) in [6, 6.07) is 5.82. The monoisotopic (exact) mass is 286 g/mol. The molecule has 0 bridgehead atoms. The fraction of sp³-hybridized carbons (Fsp3) is 0.438. The lowest BCUT2D eigenvalue weighted by molar-refractivity contribution is 0.0907. The van der Waals surface area contributed by atoms with Crippen molar-refractivity contribution >= 4 is 22.5 Å². The molecule has 2 aromatic rings. The number of anilines is 1. The normalized spacial score (nSPS) is 19.8. The number of H-pyrrole nitrogens is 1. The summed E-state index contributed by atoms with van der Waals surface area (Å²) in [5.41, 5.74) is 8.10. The fourth-order valence-electron chi connectivity index (χ4n) is 3.05. The number of piperidine rings is 1. The first-order valence-electron chi connectivity index (χ1n) is 7.57. The molecule has 1 unspecified atom stereocenters. The molecule has 1 aromatic carbocycles. The van der Waals surface area contributed by atoms with Gasteiger partial charge in [-0.3, -0.25) is 4.79 Å². The van der Waals surface area contributed by atoms with Gasteiger partial charge in [0.15, 0.2) is 0 Å². The molecule has 1 aliphatic heterocycles. The zero-order valence-corrected chi connectivity index (χ0v) is 12.4. The van der Waals surface area contributed by atoms with Gasteiger partial charge in [0.1, 0.15) is 0 Å². The molecule has 0 radical (unpaired) electrons. The molecule has 5 nitrogen and oxygen atoms in total. The molecule has 1 atom stereocenters. The number of nitrogens with two attached hydrogens (primary N) is 1. The summed E-state index contributed by atoms with van der Waals surface area (Å²) in [6.45, 7) is 5.27. The predicted molar refractivity (Wildman–Crippen MR) is 85.3 cm³/mol. The molecule has 2 heterocycles. The maximum Gasteiger partial charge on any atom is 0.253 e. The van der Waals surface area contributed by atoms with Crippen LogP contribution in [0.15, 0.2) is 24.4 Å². The largest absolute Gasteiger partial charge is 0.399 e. The van der Waals surface area contributed by atoms with Crippen molar-refractivity contribution in [3.8, 4) is 0 Å². The Morgan fingerprint density at radius 2 is 2.38 bits per heavy atom. The van der Waals surface area contributed by atoms with Crippen molar-refractivity contribution in [3.63, 3.8) is 0 Å². The third kappa shape index (κ3) is 2.88. The van der Waals surface area contributed by atoms with E-state index in [1.165, 1.54) is 0 Å². The number of nitrogen functional groups attached to an aromatic ring is 1. The van der Waals surface area contributed by atoms with E-state index in [0.29, 0.717) is 11.3 Å². The lowest BCUT2D eigenvalue weighted by Crippen LogP contribution is -2.47. The third-order valence-electron chi connectivity index (χ3n) is 4.24. The number of aromatic nitrogens is 1. The minimum absolute atomic E-state index is 0.0187. The van der Waals surface area contributed by atoms with Crippen molar-refractivity contribution < 1.29 is 4.79 Å². The van der Waals surface area contributed by atoms with E-state index in [0.717, 1.165) is 43.4 Å². The van der Waals surface area contributed by atoms with Crippen molar-refractivity contribution in [1.82, 2.24) is 15.2 Å². The van der Waals surface area contributed by atoms with E-state index in [1.54, 1.807) is 6.20 Å². The molecule has 0 saturated carbocycles. The molecule has 1 aromatic heterocycles. The first kappa shape index (κ1) is 13.9. The SMILES string of the molecule is CCN1CCCC(NC(=O)c2c[nH]c3ccc(N)cc23)C1. The summed E-state index contributed by atoms with van der Waals surface area (Å²) < 4.78 is 0. The van der Waals surface area contributed by atoms with Crippen LogP contribution in [0.1, 0.15) is 30.1 Å². The zero-order valence-electron chi connectivity index (χ0n) is 12.4. The number of likely N-dealkylation sites (tertiary alicyclic amines) is 1. The summed E-state index contributed by atoms with van der Waals surface area (Å²) in [6.07, 6.45) is 3.95. The number of benzene rings is 1. The Bertz CT molecular complexity index is 649. The van der Waals surface area contributed by atoms with Crippen LogP contribution in [-0.4, -0.2) is 41.5 Å². The van der Waals surface area contributed by atoms with Crippen LogP contribution >= 0.6 is 0 Å². The van der Waals surface area contributed by atoms with Gasteiger partial charge in [0.05, 0.1) is 5.56 Å². The smallest absolute Gasteiger partial charge is 0.253 e. The third-order valence-corrected chi connectivity index (χ3v) is 4.24. The van der Waals surface area contributed by atoms with Crippen LogP contribution in [0.5, 0.6) is 0 Å². The van der Waals surface area contributed by atoms with E-state index in [-0.39, 0.29) is 11.9 Å². The zero-order chi connectivity index (χ0) is 14.8. The first-order chi connectivity index (χ1) is 10.2. The lowest BCUT2D eigenvalue weighted by Gasteiger charge is -2.32. The van der Waals surface area contributed by atoms with Gasteiger partial charge in [-0.2, -0.15) is 0 Å². The summed E-state index contributed by atoms with van der Waals surface area (Å²) in [7, 11) is 0. The van der Waals surface area contributed by atoms with Crippen molar-refractivity contribution in [1.29, 1.82) is 0 Å². The number of nitrogens with one attached hydrogen (secondary N) is 2. The molecule has 5 heteroatoms. The topological polar surface area (TPSA) is 74.2 Å². The van der Waals surface area contributed by atoms with Crippen LogP contribution < -0.4 is 11.1 Å². The van der Waals surface area contributed by atoms with E-state index in [1.807, 2.05) is 18.2 Å². The van der Waals surface area contributed by atoms with Gasteiger partial charge in [-0.1, -0.05) is 6.92 Å². The van der Waals surface area contributed by atoms with E-state index < -0.39 is 0 Å². The van der Waals surface area contributed by atoms with Gasteiger partial charge >= 0.3 is 0 Å². The quantitative estimate of drug-likeness (QED) is 0.755. The maximum absolute atomic E-state index is 12.5. The summed E-state index contributed by atoms with van der Waals surface area (Å²) in [5, 5.41) is 4.04. The van der Waals surface area contributed by atoms with Crippen LogP contribution in [-0.2, 0) is 0 Å². The Labute approximate surface area is 124 Å². The lowest BCUT2D eigenvalue weighted by atomic mass is 10.0. The molecule has 4 N–H and O–H groups in total. The Hall–Kier alpha value is -2.01.